The van der Waals surface area contributed by atoms with Gasteiger partial charge >= 0.3 is 0 Å². The van der Waals surface area contributed by atoms with Crippen molar-refractivity contribution in [2.45, 2.75) is 6.54 Å². The molecule has 19 heavy (non-hydrogen) atoms. The third-order valence-electron chi connectivity index (χ3n) is 2.76. The van der Waals surface area contributed by atoms with Gasteiger partial charge in [-0.15, -0.1) is 22.7 Å². The molecule has 1 amide bonds. The third kappa shape index (κ3) is 2.52. The molecule has 1 aromatic carbocycles. The van der Waals surface area contributed by atoms with Crippen LogP contribution in [0.4, 0.5) is 0 Å². The highest BCUT2D eigenvalue weighted by atomic mass is 35.5. The van der Waals surface area contributed by atoms with Crippen molar-refractivity contribution in [3.05, 3.63) is 57.2 Å². The molecule has 5 heteroatoms. The van der Waals surface area contributed by atoms with Crippen LogP contribution in [-0.2, 0) is 6.54 Å². The van der Waals surface area contributed by atoms with Crippen LogP contribution < -0.4 is 5.32 Å². The number of carbonyl (C=O) groups excluding carboxylic acids is 1. The minimum absolute atomic E-state index is 0.109. The molecule has 2 heterocycles. The Labute approximate surface area is 123 Å². The van der Waals surface area contributed by atoms with Crippen molar-refractivity contribution in [3.63, 3.8) is 0 Å². The van der Waals surface area contributed by atoms with Gasteiger partial charge in [0.15, 0.2) is 0 Å². The highest BCUT2D eigenvalue weighted by Crippen LogP contribution is 2.38. The summed E-state index contributed by atoms with van der Waals surface area (Å²) in [5.41, 5.74) is 1.07. The van der Waals surface area contributed by atoms with Crippen molar-refractivity contribution >= 4 is 49.6 Å². The molecule has 3 rings (SSSR count). The zero-order chi connectivity index (χ0) is 13.2. The summed E-state index contributed by atoms with van der Waals surface area (Å²) in [7, 11) is 0. The Hall–Kier alpha value is -1.36. The zero-order valence-corrected chi connectivity index (χ0v) is 12.2. The van der Waals surface area contributed by atoms with Gasteiger partial charge in [-0.25, -0.2) is 0 Å². The standard InChI is InChI=1S/C14H10ClNOS2/c15-11-10-6-7-18-14(10)19-12(11)13(17)16-8-9-4-2-1-3-5-9/h1-7H,8H2,(H,16,17). The average molecular weight is 308 g/mol. The molecule has 0 aliphatic heterocycles. The molecule has 0 unspecified atom stereocenters. The van der Waals surface area contributed by atoms with E-state index < -0.39 is 0 Å². The molecule has 0 saturated heterocycles. The van der Waals surface area contributed by atoms with Gasteiger partial charge in [0.25, 0.3) is 5.91 Å². The lowest BCUT2D eigenvalue weighted by molar-refractivity contribution is 0.0955. The number of thiophene rings is 2. The summed E-state index contributed by atoms with van der Waals surface area (Å²) in [5.74, 6) is -0.109. The van der Waals surface area contributed by atoms with E-state index in [9.17, 15) is 4.79 Å². The molecule has 0 radical (unpaired) electrons. The predicted molar refractivity (Wildman–Crippen MR) is 82.3 cm³/mol. The van der Waals surface area contributed by atoms with E-state index in [2.05, 4.69) is 5.32 Å². The van der Waals surface area contributed by atoms with Crippen LogP contribution in [0.2, 0.25) is 5.02 Å². The summed E-state index contributed by atoms with van der Waals surface area (Å²) in [6.45, 7) is 0.515. The van der Waals surface area contributed by atoms with Gasteiger partial charge in [0.2, 0.25) is 0 Å². The van der Waals surface area contributed by atoms with E-state index in [0.29, 0.717) is 16.4 Å². The average Bonchev–Trinajstić information content (AvgIpc) is 3.01. The lowest BCUT2D eigenvalue weighted by atomic mass is 10.2. The highest BCUT2D eigenvalue weighted by molar-refractivity contribution is 7.38. The number of hydrogen-bond acceptors (Lipinski definition) is 3. The predicted octanol–water partition coefficient (Wildman–Crippen LogP) is 4.55. The van der Waals surface area contributed by atoms with E-state index in [-0.39, 0.29) is 5.91 Å². The van der Waals surface area contributed by atoms with Crippen LogP contribution in [-0.4, -0.2) is 5.91 Å². The van der Waals surface area contributed by atoms with Gasteiger partial charge in [-0.3, -0.25) is 4.79 Å². The molecule has 0 aliphatic rings. The lowest BCUT2D eigenvalue weighted by Crippen LogP contribution is -2.21. The van der Waals surface area contributed by atoms with Crippen molar-refractivity contribution in [2.24, 2.45) is 0 Å². The van der Waals surface area contributed by atoms with Gasteiger partial charge < -0.3 is 5.32 Å². The van der Waals surface area contributed by atoms with Crippen molar-refractivity contribution in [1.29, 1.82) is 0 Å². The maximum atomic E-state index is 12.1. The van der Waals surface area contributed by atoms with Gasteiger partial charge in [-0.05, 0) is 17.0 Å². The molecule has 2 aromatic heterocycles. The summed E-state index contributed by atoms with van der Waals surface area (Å²) in [6.07, 6.45) is 0. The SMILES string of the molecule is O=C(NCc1ccccc1)c1sc2sccc2c1Cl. The molecule has 0 bridgehead atoms. The second kappa shape index (κ2) is 5.33. The lowest BCUT2D eigenvalue weighted by Gasteiger charge is -2.03. The normalized spacial score (nSPS) is 10.8. The Morgan fingerprint density at radius 1 is 1.21 bits per heavy atom. The summed E-state index contributed by atoms with van der Waals surface area (Å²) in [6, 6.07) is 11.8. The van der Waals surface area contributed by atoms with E-state index in [1.807, 2.05) is 41.8 Å². The van der Waals surface area contributed by atoms with Gasteiger partial charge in [-0.1, -0.05) is 41.9 Å². The molecule has 2 nitrogen and oxygen atoms in total. The van der Waals surface area contributed by atoms with Crippen LogP contribution in [0.3, 0.4) is 0 Å². The van der Waals surface area contributed by atoms with E-state index >= 15 is 0 Å². The van der Waals surface area contributed by atoms with Crippen LogP contribution in [0, 0.1) is 0 Å². The van der Waals surface area contributed by atoms with Crippen LogP contribution in [0.25, 0.3) is 9.40 Å². The molecule has 0 fully saturated rings. The number of benzene rings is 1. The van der Waals surface area contributed by atoms with Crippen LogP contribution in [0.15, 0.2) is 41.8 Å². The third-order valence-corrected chi connectivity index (χ3v) is 5.51. The number of rotatable bonds is 3. The molecular formula is C14H10ClNOS2. The first-order valence-electron chi connectivity index (χ1n) is 5.73. The minimum Gasteiger partial charge on any atom is -0.347 e. The van der Waals surface area contributed by atoms with Crippen LogP contribution >= 0.6 is 34.3 Å². The first-order chi connectivity index (χ1) is 9.25. The number of carbonyl (C=O) groups is 1. The van der Waals surface area contributed by atoms with Crippen molar-refractivity contribution in [3.8, 4) is 0 Å². The molecule has 96 valence electrons. The smallest absolute Gasteiger partial charge is 0.263 e. The summed E-state index contributed by atoms with van der Waals surface area (Å²) in [5, 5.41) is 6.42. The van der Waals surface area contributed by atoms with Crippen molar-refractivity contribution in [1.82, 2.24) is 5.32 Å². The number of halogens is 1. The Morgan fingerprint density at radius 3 is 2.74 bits per heavy atom. The molecule has 0 atom stereocenters. The fourth-order valence-electron chi connectivity index (χ4n) is 1.80. The van der Waals surface area contributed by atoms with Crippen molar-refractivity contribution in [2.75, 3.05) is 0 Å². The molecule has 0 saturated carbocycles. The minimum atomic E-state index is -0.109. The number of hydrogen-bond donors (Lipinski definition) is 1. The maximum absolute atomic E-state index is 12.1. The molecule has 1 N–H and O–H groups in total. The molecular weight excluding hydrogens is 298 g/mol. The topological polar surface area (TPSA) is 29.1 Å². The van der Waals surface area contributed by atoms with Gasteiger partial charge in [0.1, 0.15) is 4.88 Å². The molecule has 0 spiro atoms. The highest BCUT2D eigenvalue weighted by Gasteiger charge is 2.17. The Kier molecular flexibility index (Phi) is 3.55. The van der Waals surface area contributed by atoms with Crippen LogP contribution in [0.5, 0.6) is 0 Å². The number of nitrogens with one attached hydrogen (secondary N) is 1. The second-order valence-electron chi connectivity index (χ2n) is 4.04. The fraction of sp³-hybridized carbons (Fsp3) is 0.0714. The Bertz CT molecular complexity index is 717. The quantitative estimate of drug-likeness (QED) is 0.756. The Morgan fingerprint density at radius 2 is 2.00 bits per heavy atom. The van der Waals surface area contributed by atoms with Crippen molar-refractivity contribution < 1.29 is 4.79 Å². The van der Waals surface area contributed by atoms with E-state index in [0.717, 1.165) is 15.0 Å². The van der Waals surface area contributed by atoms with Gasteiger partial charge in [-0.2, -0.15) is 0 Å². The van der Waals surface area contributed by atoms with E-state index in [1.54, 1.807) is 11.3 Å². The zero-order valence-electron chi connectivity index (χ0n) is 9.85. The first kappa shape index (κ1) is 12.7. The maximum Gasteiger partial charge on any atom is 0.263 e. The van der Waals surface area contributed by atoms with E-state index in [1.165, 1.54) is 11.3 Å². The fourth-order valence-corrected chi connectivity index (χ4v) is 4.34. The molecule has 0 aliphatic carbocycles. The largest absolute Gasteiger partial charge is 0.347 e. The van der Waals surface area contributed by atoms with Crippen LogP contribution in [0.1, 0.15) is 15.2 Å². The first-order valence-corrected chi connectivity index (χ1v) is 7.81. The number of amides is 1. The summed E-state index contributed by atoms with van der Waals surface area (Å²) >= 11 is 9.29. The van der Waals surface area contributed by atoms with Gasteiger partial charge in [0.05, 0.1) is 9.04 Å². The number of fused-ring (bicyclic) bond motifs is 1. The van der Waals surface area contributed by atoms with E-state index in [4.69, 9.17) is 11.6 Å². The Balaban J connectivity index is 1.77. The summed E-state index contributed by atoms with van der Waals surface area (Å²) in [4.78, 5) is 12.7. The summed E-state index contributed by atoms with van der Waals surface area (Å²) < 4.78 is 1.09. The monoisotopic (exact) mass is 307 g/mol. The van der Waals surface area contributed by atoms with Gasteiger partial charge in [0, 0.05) is 11.9 Å². The molecule has 3 aromatic rings. The second-order valence-corrected chi connectivity index (χ2v) is 6.61.